The molecule has 2 atom stereocenters. The summed E-state index contributed by atoms with van der Waals surface area (Å²) >= 11 is 0. The van der Waals surface area contributed by atoms with Crippen LogP contribution in [0.4, 0.5) is 8.78 Å². The van der Waals surface area contributed by atoms with Gasteiger partial charge in [-0.25, -0.2) is 13.8 Å². The van der Waals surface area contributed by atoms with Gasteiger partial charge in [-0.1, -0.05) is 6.07 Å². The van der Waals surface area contributed by atoms with Crippen LogP contribution in [-0.2, 0) is 19.5 Å². The van der Waals surface area contributed by atoms with Crippen molar-refractivity contribution in [3.63, 3.8) is 0 Å². The van der Waals surface area contributed by atoms with Gasteiger partial charge in [0.2, 0.25) is 0 Å². The van der Waals surface area contributed by atoms with Gasteiger partial charge in [0.05, 0.1) is 12.8 Å². The second-order valence-electron chi connectivity index (χ2n) is 7.39. The number of aromatic nitrogens is 1. The zero-order valence-corrected chi connectivity index (χ0v) is 15.7. The highest BCUT2D eigenvalue weighted by Gasteiger charge is 2.29. The summed E-state index contributed by atoms with van der Waals surface area (Å²) in [5, 5.41) is 2.79. The number of alkyl halides is 1. The SMILES string of the molecule is COc1ccc(CN2CCc3oc(C(=O)N[C@@H]4CC[C@@H](F)C4)nc3C2)c(F)c1. The van der Waals surface area contributed by atoms with Crippen LogP contribution in [0.3, 0.4) is 0 Å². The third kappa shape index (κ3) is 4.01. The molecule has 4 rings (SSSR count). The highest BCUT2D eigenvalue weighted by atomic mass is 19.1. The van der Waals surface area contributed by atoms with Crippen LogP contribution in [0.2, 0.25) is 0 Å². The quantitative estimate of drug-likeness (QED) is 0.849. The number of carbonyl (C=O) groups is 1. The Morgan fingerprint density at radius 3 is 3.00 bits per heavy atom. The molecule has 0 radical (unpaired) electrons. The summed E-state index contributed by atoms with van der Waals surface area (Å²) < 4.78 is 38.1. The first kappa shape index (κ1) is 18.9. The monoisotopic (exact) mass is 391 g/mol. The molecule has 2 heterocycles. The van der Waals surface area contributed by atoms with Crippen LogP contribution in [0, 0.1) is 5.82 Å². The molecule has 1 N–H and O–H groups in total. The van der Waals surface area contributed by atoms with Crippen molar-refractivity contribution in [3.8, 4) is 5.75 Å². The molecule has 6 nitrogen and oxygen atoms in total. The fraction of sp³-hybridized carbons (Fsp3) is 0.500. The van der Waals surface area contributed by atoms with Gasteiger partial charge in [0.15, 0.2) is 0 Å². The molecule has 1 aromatic heterocycles. The molecule has 28 heavy (non-hydrogen) atoms. The summed E-state index contributed by atoms with van der Waals surface area (Å²) in [4.78, 5) is 18.7. The van der Waals surface area contributed by atoms with Crippen LogP contribution in [0.15, 0.2) is 22.6 Å². The van der Waals surface area contributed by atoms with Crippen molar-refractivity contribution < 1.29 is 22.7 Å². The molecule has 1 fully saturated rings. The van der Waals surface area contributed by atoms with Crippen molar-refractivity contribution in [2.24, 2.45) is 0 Å². The predicted molar refractivity (Wildman–Crippen MR) is 97.3 cm³/mol. The third-order valence-corrected chi connectivity index (χ3v) is 5.36. The fourth-order valence-corrected chi connectivity index (χ4v) is 3.81. The predicted octanol–water partition coefficient (Wildman–Crippen LogP) is 3.00. The number of oxazole rings is 1. The minimum Gasteiger partial charge on any atom is -0.497 e. The van der Waals surface area contributed by atoms with E-state index in [1.54, 1.807) is 12.1 Å². The van der Waals surface area contributed by atoms with Crippen molar-refractivity contribution in [1.82, 2.24) is 15.2 Å². The standard InChI is InChI=1S/C20H23F2N3O3/c1-27-15-5-2-12(16(22)9-15)10-25-7-6-18-17(11-25)24-20(28-18)19(26)23-14-4-3-13(21)8-14/h2,5,9,13-14H,3-4,6-8,10-11H2,1H3,(H,23,26)/t13-,14-/m1/s1. The molecule has 0 saturated heterocycles. The number of benzene rings is 1. The summed E-state index contributed by atoms with van der Waals surface area (Å²) in [5.41, 5.74) is 1.27. The van der Waals surface area contributed by atoms with Gasteiger partial charge in [0.1, 0.15) is 23.5 Å². The number of methoxy groups -OCH3 is 1. The van der Waals surface area contributed by atoms with Crippen LogP contribution in [0.25, 0.3) is 0 Å². The number of halogens is 2. The molecule has 1 aromatic carbocycles. The average Bonchev–Trinajstić information content (AvgIpc) is 3.29. The van der Waals surface area contributed by atoms with Crippen molar-refractivity contribution in [1.29, 1.82) is 0 Å². The molecule has 8 heteroatoms. The number of hydrogen-bond donors (Lipinski definition) is 1. The molecule has 1 aliphatic heterocycles. The van der Waals surface area contributed by atoms with Gasteiger partial charge >= 0.3 is 5.91 Å². The minimum absolute atomic E-state index is 0.0183. The van der Waals surface area contributed by atoms with Gasteiger partial charge in [0, 0.05) is 43.7 Å². The third-order valence-electron chi connectivity index (χ3n) is 5.36. The van der Waals surface area contributed by atoms with Crippen LogP contribution in [0.5, 0.6) is 5.75 Å². The van der Waals surface area contributed by atoms with Crippen molar-refractivity contribution in [2.45, 2.75) is 51.0 Å². The van der Waals surface area contributed by atoms with Gasteiger partial charge in [-0.05, 0) is 25.3 Å². The highest BCUT2D eigenvalue weighted by molar-refractivity contribution is 5.90. The van der Waals surface area contributed by atoms with E-state index < -0.39 is 12.1 Å². The largest absolute Gasteiger partial charge is 0.497 e. The molecule has 1 aliphatic carbocycles. The molecule has 0 bridgehead atoms. The maximum Gasteiger partial charge on any atom is 0.307 e. The normalized spacial score (nSPS) is 22.1. The highest BCUT2D eigenvalue weighted by Crippen LogP contribution is 2.25. The van der Waals surface area contributed by atoms with Gasteiger partial charge in [-0.3, -0.25) is 9.69 Å². The maximum atomic E-state index is 14.2. The average molecular weight is 391 g/mol. The van der Waals surface area contributed by atoms with Gasteiger partial charge in [0.25, 0.3) is 5.89 Å². The van der Waals surface area contributed by atoms with Crippen molar-refractivity contribution >= 4 is 5.91 Å². The first-order valence-corrected chi connectivity index (χ1v) is 9.50. The molecule has 0 unspecified atom stereocenters. The number of hydrogen-bond acceptors (Lipinski definition) is 5. The van der Waals surface area contributed by atoms with Crippen LogP contribution in [-0.4, -0.2) is 41.7 Å². The molecule has 0 spiro atoms. The van der Waals surface area contributed by atoms with Crippen molar-refractivity contribution in [2.75, 3.05) is 13.7 Å². The lowest BCUT2D eigenvalue weighted by Gasteiger charge is -2.25. The molecule has 2 aliphatic rings. The van der Waals surface area contributed by atoms with Gasteiger partial charge < -0.3 is 14.5 Å². The van der Waals surface area contributed by atoms with E-state index >= 15 is 0 Å². The summed E-state index contributed by atoms with van der Waals surface area (Å²) in [5.74, 6) is 0.473. The summed E-state index contributed by atoms with van der Waals surface area (Å²) in [6, 6.07) is 4.65. The molecule has 1 amide bonds. The maximum absolute atomic E-state index is 14.2. The Kier molecular flexibility index (Phi) is 5.30. The molecule has 2 aromatic rings. The number of nitrogens with zero attached hydrogens (tertiary/aromatic N) is 2. The van der Waals surface area contributed by atoms with Crippen LogP contribution < -0.4 is 10.1 Å². The number of carbonyl (C=O) groups excluding carboxylic acids is 1. The lowest BCUT2D eigenvalue weighted by molar-refractivity contribution is 0.0899. The summed E-state index contributed by atoms with van der Waals surface area (Å²) in [6.45, 7) is 1.60. The van der Waals surface area contributed by atoms with Gasteiger partial charge in [-0.15, -0.1) is 0 Å². The second kappa shape index (κ2) is 7.87. The zero-order chi connectivity index (χ0) is 19.7. The number of nitrogens with one attached hydrogen (secondary N) is 1. The minimum atomic E-state index is -0.852. The fourth-order valence-electron chi connectivity index (χ4n) is 3.81. The molecule has 1 saturated carbocycles. The Hall–Kier alpha value is -2.48. The topological polar surface area (TPSA) is 67.6 Å². The lowest BCUT2D eigenvalue weighted by atomic mass is 10.1. The van der Waals surface area contributed by atoms with Gasteiger partial charge in [-0.2, -0.15) is 0 Å². The Labute approximate surface area is 161 Å². The second-order valence-corrected chi connectivity index (χ2v) is 7.39. The van der Waals surface area contributed by atoms with E-state index in [1.807, 2.05) is 0 Å². The number of rotatable bonds is 5. The number of fused-ring (bicyclic) bond motifs is 1. The van der Waals surface area contributed by atoms with E-state index in [1.165, 1.54) is 13.2 Å². The Morgan fingerprint density at radius 2 is 2.29 bits per heavy atom. The smallest absolute Gasteiger partial charge is 0.307 e. The van der Waals surface area contributed by atoms with Crippen molar-refractivity contribution in [3.05, 3.63) is 46.9 Å². The van der Waals surface area contributed by atoms with E-state index in [4.69, 9.17) is 9.15 Å². The summed E-state index contributed by atoms with van der Waals surface area (Å²) in [6.07, 6.45) is 1.20. The molecular weight excluding hydrogens is 368 g/mol. The Balaban J connectivity index is 1.39. The molecule has 150 valence electrons. The van der Waals surface area contributed by atoms with E-state index in [2.05, 4.69) is 15.2 Å². The number of amides is 1. The van der Waals surface area contributed by atoms with Crippen LogP contribution >= 0.6 is 0 Å². The zero-order valence-electron chi connectivity index (χ0n) is 15.7. The first-order valence-electron chi connectivity index (χ1n) is 9.50. The lowest BCUT2D eigenvalue weighted by Crippen LogP contribution is -2.33. The number of ether oxygens (including phenoxy) is 1. The Bertz CT molecular complexity index is 870. The van der Waals surface area contributed by atoms with Crippen LogP contribution in [0.1, 0.15) is 47.0 Å². The van der Waals surface area contributed by atoms with E-state index in [-0.39, 0.29) is 17.7 Å². The first-order chi connectivity index (χ1) is 13.5. The molecular formula is C20H23F2N3O3. The van der Waals surface area contributed by atoms with E-state index in [0.717, 1.165) is 0 Å². The van der Waals surface area contributed by atoms with E-state index in [9.17, 15) is 13.6 Å². The summed E-state index contributed by atoms with van der Waals surface area (Å²) in [7, 11) is 1.50. The van der Waals surface area contributed by atoms with E-state index in [0.29, 0.717) is 68.1 Å². The Morgan fingerprint density at radius 1 is 1.43 bits per heavy atom.